The molecule has 0 aliphatic carbocycles. The molecular weight excluding hydrogens is 326 g/mol. The number of hydrogen-bond acceptors (Lipinski definition) is 1. The average molecular weight is 362 g/mol. The van der Waals surface area contributed by atoms with Crippen molar-refractivity contribution in [3.8, 4) is 0 Å². The van der Waals surface area contributed by atoms with Crippen molar-refractivity contribution in [3.05, 3.63) is 104 Å². The van der Waals surface area contributed by atoms with Crippen LogP contribution in [-0.4, -0.2) is 13.1 Å². The molecule has 0 aliphatic heterocycles. The van der Waals surface area contributed by atoms with Crippen LogP contribution in [-0.2, 0) is 0 Å². The molecular formula is C26H35N. The van der Waals surface area contributed by atoms with Crippen LogP contribution in [0.15, 0.2) is 104 Å². The minimum atomic E-state index is 0.0122. The van der Waals surface area contributed by atoms with Gasteiger partial charge in [0.2, 0.25) is 0 Å². The lowest BCUT2D eigenvalue weighted by molar-refractivity contribution is 0.366. The molecule has 0 aliphatic rings. The number of allylic oxidation sites excluding steroid dienone is 9. The van der Waals surface area contributed by atoms with E-state index in [-0.39, 0.29) is 5.41 Å². The van der Waals surface area contributed by atoms with Crippen molar-refractivity contribution in [1.82, 2.24) is 0 Å². The van der Waals surface area contributed by atoms with Crippen LogP contribution in [0.3, 0.4) is 0 Å². The number of anilines is 1. The maximum Gasteiger partial charge on any atom is 0.0366 e. The Morgan fingerprint density at radius 3 is 2.33 bits per heavy atom. The van der Waals surface area contributed by atoms with Crippen LogP contribution in [0.25, 0.3) is 0 Å². The summed E-state index contributed by atoms with van der Waals surface area (Å²) >= 11 is 0. The largest absolute Gasteiger partial charge is 0.371 e. The standard InChI is InChI=1S/C26H35N/c1-7-10-11-12-13-15-21-25(27(6)24-19-16-14-17-20-24)22-26(4,5)23(9-3)18-8-2/h7-20,25H,2-3,21-22H2,1,4-6H3/b10-7-,12-11-,15-13+,23-18+. The van der Waals surface area contributed by atoms with Gasteiger partial charge in [-0.1, -0.05) is 99.9 Å². The fraction of sp³-hybridized carbons (Fsp3) is 0.308. The highest BCUT2D eigenvalue weighted by Crippen LogP contribution is 2.35. The summed E-state index contributed by atoms with van der Waals surface area (Å²) in [6.07, 6.45) is 20.5. The van der Waals surface area contributed by atoms with Crippen molar-refractivity contribution in [3.63, 3.8) is 0 Å². The van der Waals surface area contributed by atoms with E-state index in [0.717, 1.165) is 12.8 Å². The van der Waals surface area contributed by atoms with Crippen LogP contribution < -0.4 is 4.90 Å². The molecule has 144 valence electrons. The van der Waals surface area contributed by atoms with Gasteiger partial charge in [0, 0.05) is 18.8 Å². The van der Waals surface area contributed by atoms with E-state index < -0.39 is 0 Å². The average Bonchev–Trinajstić information content (AvgIpc) is 2.67. The number of hydrogen-bond donors (Lipinski definition) is 0. The molecule has 1 aromatic carbocycles. The number of para-hydroxylation sites is 1. The van der Waals surface area contributed by atoms with Gasteiger partial charge in [0.15, 0.2) is 0 Å². The monoisotopic (exact) mass is 361 g/mol. The first-order chi connectivity index (χ1) is 13.0. The van der Waals surface area contributed by atoms with Crippen LogP contribution in [0, 0.1) is 5.41 Å². The summed E-state index contributed by atoms with van der Waals surface area (Å²) in [6.45, 7) is 14.4. The van der Waals surface area contributed by atoms with Gasteiger partial charge in [-0.3, -0.25) is 0 Å². The maximum atomic E-state index is 4.00. The Hall–Kier alpha value is -2.54. The van der Waals surface area contributed by atoms with Gasteiger partial charge in [-0.2, -0.15) is 0 Å². The minimum Gasteiger partial charge on any atom is -0.371 e. The summed E-state index contributed by atoms with van der Waals surface area (Å²) in [5.41, 5.74) is 2.48. The van der Waals surface area contributed by atoms with E-state index in [0.29, 0.717) is 6.04 Å². The second-order valence-corrected chi connectivity index (χ2v) is 7.32. The van der Waals surface area contributed by atoms with E-state index >= 15 is 0 Å². The Labute approximate surface area is 166 Å². The summed E-state index contributed by atoms with van der Waals surface area (Å²) < 4.78 is 0. The van der Waals surface area contributed by atoms with Gasteiger partial charge in [-0.25, -0.2) is 0 Å². The first kappa shape index (κ1) is 22.5. The van der Waals surface area contributed by atoms with Gasteiger partial charge < -0.3 is 4.90 Å². The van der Waals surface area contributed by atoms with Gasteiger partial charge >= 0.3 is 0 Å². The van der Waals surface area contributed by atoms with Crippen molar-refractivity contribution in [2.75, 3.05) is 11.9 Å². The van der Waals surface area contributed by atoms with Gasteiger partial charge in [-0.15, -0.1) is 0 Å². The molecule has 27 heavy (non-hydrogen) atoms. The molecule has 0 radical (unpaired) electrons. The lowest BCUT2D eigenvalue weighted by atomic mass is 9.77. The molecule has 0 bridgehead atoms. The van der Waals surface area contributed by atoms with E-state index in [1.807, 2.05) is 31.2 Å². The first-order valence-electron chi connectivity index (χ1n) is 9.64. The van der Waals surface area contributed by atoms with Gasteiger partial charge in [0.25, 0.3) is 0 Å². The van der Waals surface area contributed by atoms with E-state index in [9.17, 15) is 0 Å². The van der Waals surface area contributed by atoms with Crippen molar-refractivity contribution in [2.45, 2.75) is 39.7 Å². The molecule has 0 fully saturated rings. The quantitative estimate of drug-likeness (QED) is 0.374. The Balaban J connectivity index is 3.04. The van der Waals surface area contributed by atoms with Crippen LogP contribution in [0.5, 0.6) is 0 Å². The van der Waals surface area contributed by atoms with Crippen molar-refractivity contribution in [1.29, 1.82) is 0 Å². The highest BCUT2D eigenvalue weighted by atomic mass is 15.1. The normalized spacial score (nSPS) is 14.1. The van der Waals surface area contributed by atoms with Crippen molar-refractivity contribution >= 4 is 5.69 Å². The second kappa shape index (κ2) is 12.0. The fourth-order valence-corrected chi connectivity index (χ4v) is 3.21. The van der Waals surface area contributed by atoms with E-state index in [4.69, 9.17) is 0 Å². The van der Waals surface area contributed by atoms with E-state index in [1.54, 1.807) is 0 Å². The Kier molecular flexibility index (Phi) is 9.96. The third-order valence-corrected chi connectivity index (χ3v) is 4.83. The SMILES string of the molecule is C=C/C=C(\C=C)C(C)(C)CC(C/C=C/C=C\C=C/C)N(C)c1ccccc1. The molecule has 0 saturated heterocycles. The highest BCUT2D eigenvalue weighted by Gasteiger charge is 2.27. The summed E-state index contributed by atoms with van der Waals surface area (Å²) in [5.74, 6) is 0. The smallest absolute Gasteiger partial charge is 0.0366 e. The van der Waals surface area contributed by atoms with Gasteiger partial charge in [0.1, 0.15) is 0 Å². The summed E-state index contributed by atoms with van der Waals surface area (Å²) in [6, 6.07) is 11.0. The van der Waals surface area contributed by atoms with Crippen molar-refractivity contribution < 1.29 is 0 Å². The highest BCUT2D eigenvalue weighted by molar-refractivity contribution is 5.46. The molecule has 1 unspecified atom stereocenters. The zero-order valence-electron chi connectivity index (χ0n) is 17.4. The van der Waals surface area contributed by atoms with Crippen LogP contribution >= 0.6 is 0 Å². The predicted octanol–water partition coefficient (Wildman–Crippen LogP) is 7.28. The first-order valence-corrected chi connectivity index (χ1v) is 9.64. The summed E-state index contributed by atoms with van der Waals surface area (Å²) in [5, 5.41) is 0. The van der Waals surface area contributed by atoms with Crippen molar-refractivity contribution in [2.24, 2.45) is 5.41 Å². The van der Waals surface area contributed by atoms with E-state index in [2.05, 4.69) is 99.7 Å². The molecule has 1 heteroatoms. The van der Waals surface area contributed by atoms with Gasteiger partial charge in [0.05, 0.1) is 0 Å². The topological polar surface area (TPSA) is 3.24 Å². The van der Waals surface area contributed by atoms with Gasteiger partial charge in [-0.05, 0) is 42.9 Å². The van der Waals surface area contributed by atoms with E-state index in [1.165, 1.54) is 11.3 Å². The minimum absolute atomic E-state index is 0.0122. The molecule has 0 heterocycles. The molecule has 1 nitrogen and oxygen atoms in total. The van der Waals surface area contributed by atoms with Crippen LogP contribution in [0.1, 0.15) is 33.6 Å². The predicted molar refractivity (Wildman–Crippen MR) is 123 cm³/mol. The fourth-order valence-electron chi connectivity index (χ4n) is 3.21. The van der Waals surface area contributed by atoms with Crippen LogP contribution in [0.2, 0.25) is 0 Å². The lowest BCUT2D eigenvalue weighted by Gasteiger charge is -2.37. The molecule has 1 aromatic rings. The summed E-state index contributed by atoms with van der Waals surface area (Å²) in [7, 11) is 2.18. The zero-order valence-corrected chi connectivity index (χ0v) is 17.4. The molecule has 0 amide bonds. The number of nitrogens with zero attached hydrogens (tertiary/aromatic N) is 1. The third-order valence-electron chi connectivity index (χ3n) is 4.83. The van der Waals surface area contributed by atoms with Crippen LogP contribution in [0.4, 0.5) is 5.69 Å². The number of benzene rings is 1. The lowest BCUT2D eigenvalue weighted by Crippen LogP contribution is -2.36. The summed E-state index contributed by atoms with van der Waals surface area (Å²) in [4.78, 5) is 2.39. The molecule has 0 spiro atoms. The molecule has 0 saturated carbocycles. The maximum absolute atomic E-state index is 4.00. The Morgan fingerprint density at radius 2 is 1.74 bits per heavy atom. The zero-order chi connectivity index (χ0) is 20.1. The Morgan fingerprint density at radius 1 is 1.07 bits per heavy atom. The molecule has 1 atom stereocenters. The number of rotatable bonds is 11. The third kappa shape index (κ3) is 7.70. The molecule has 1 rings (SSSR count). The molecule has 0 N–H and O–H groups in total. The Bertz CT molecular complexity index is 686. The second-order valence-electron chi connectivity index (χ2n) is 7.32. The molecule has 0 aromatic heterocycles.